The molecule has 0 bridgehead atoms. The summed E-state index contributed by atoms with van der Waals surface area (Å²) in [5, 5.41) is 12.5. The van der Waals surface area contributed by atoms with Crippen molar-refractivity contribution in [3.05, 3.63) is 41.2 Å². The van der Waals surface area contributed by atoms with Crippen molar-refractivity contribution in [1.82, 2.24) is 20.3 Å². The van der Waals surface area contributed by atoms with E-state index in [0.29, 0.717) is 24.1 Å². The molecule has 5 nitrogen and oxygen atoms in total. The molecule has 0 unspecified atom stereocenters. The van der Waals surface area contributed by atoms with Gasteiger partial charge >= 0.3 is 0 Å². The van der Waals surface area contributed by atoms with Crippen molar-refractivity contribution in [3.8, 4) is 5.75 Å². The molecule has 1 aliphatic heterocycles. The van der Waals surface area contributed by atoms with Crippen molar-refractivity contribution in [1.29, 1.82) is 0 Å². The van der Waals surface area contributed by atoms with Crippen molar-refractivity contribution < 1.29 is 4.74 Å². The number of hydrogen-bond donors (Lipinski definition) is 1. The van der Waals surface area contributed by atoms with Crippen LogP contribution in [0, 0.1) is 0 Å². The number of ether oxygens (including phenoxy) is 1. The number of rotatable bonds is 5. The van der Waals surface area contributed by atoms with Crippen molar-refractivity contribution in [2.24, 2.45) is 0 Å². The number of nitrogens with zero attached hydrogens (tertiary/aromatic N) is 3. The Morgan fingerprint density at radius 3 is 2.76 bits per heavy atom. The number of benzene rings is 1. The van der Waals surface area contributed by atoms with E-state index < -0.39 is 0 Å². The van der Waals surface area contributed by atoms with Crippen LogP contribution in [-0.4, -0.2) is 34.7 Å². The average Bonchev–Trinajstić information content (AvgIpc) is 2.99. The predicted octanol–water partition coefficient (Wildman–Crippen LogP) is 2.48. The Morgan fingerprint density at radius 2 is 2.00 bits per heavy atom. The first-order valence-corrected chi connectivity index (χ1v) is 7.68. The van der Waals surface area contributed by atoms with Gasteiger partial charge in [0.15, 0.2) is 0 Å². The van der Waals surface area contributed by atoms with Gasteiger partial charge in [0, 0.05) is 17.1 Å². The van der Waals surface area contributed by atoms with Gasteiger partial charge < -0.3 is 10.1 Å². The summed E-state index contributed by atoms with van der Waals surface area (Å²) in [6.45, 7) is 3.39. The third-order valence-electron chi connectivity index (χ3n) is 3.72. The first kappa shape index (κ1) is 14.4. The molecule has 1 N–H and O–H groups in total. The van der Waals surface area contributed by atoms with E-state index >= 15 is 0 Å². The van der Waals surface area contributed by atoms with E-state index in [2.05, 4.69) is 15.6 Å². The Bertz CT molecular complexity index is 563. The summed E-state index contributed by atoms with van der Waals surface area (Å²) < 4.78 is 7.52. The van der Waals surface area contributed by atoms with Gasteiger partial charge in [0.2, 0.25) is 0 Å². The maximum atomic E-state index is 5.84. The summed E-state index contributed by atoms with van der Waals surface area (Å²) in [6, 6.07) is 7.37. The fourth-order valence-electron chi connectivity index (χ4n) is 2.52. The summed E-state index contributed by atoms with van der Waals surface area (Å²) in [6.07, 6.45) is 4.32. The molecule has 6 heteroatoms. The molecule has 0 atom stereocenters. The van der Waals surface area contributed by atoms with Gasteiger partial charge in [0.25, 0.3) is 0 Å². The normalized spacial score (nSPS) is 16.0. The zero-order valence-corrected chi connectivity index (χ0v) is 12.6. The average molecular weight is 307 g/mol. The van der Waals surface area contributed by atoms with Crippen LogP contribution >= 0.6 is 11.6 Å². The number of halogens is 1. The number of aromatic nitrogens is 3. The molecular weight excluding hydrogens is 288 g/mol. The first-order valence-electron chi connectivity index (χ1n) is 7.30. The van der Waals surface area contributed by atoms with E-state index in [9.17, 15) is 0 Å². The second kappa shape index (κ2) is 6.91. The van der Waals surface area contributed by atoms with Crippen LogP contribution in [0.15, 0.2) is 30.5 Å². The molecule has 2 aromatic rings. The lowest BCUT2D eigenvalue weighted by atomic mass is 9.95. The Balaban J connectivity index is 1.49. The lowest BCUT2D eigenvalue weighted by molar-refractivity contribution is 0.289. The summed E-state index contributed by atoms with van der Waals surface area (Å²) in [7, 11) is 0. The fourth-order valence-corrected chi connectivity index (χ4v) is 2.64. The molecule has 1 aliphatic rings. The van der Waals surface area contributed by atoms with E-state index in [1.807, 2.05) is 35.1 Å². The van der Waals surface area contributed by atoms with Crippen LogP contribution in [0.25, 0.3) is 0 Å². The lowest BCUT2D eigenvalue weighted by Crippen LogP contribution is -2.26. The van der Waals surface area contributed by atoms with Gasteiger partial charge in [-0.25, -0.2) is 4.68 Å². The zero-order chi connectivity index (χ0) is 14.5. The molecule has 2 heterocycles. The van der Waals surface area contributed by atoms with Gasteiger partial charge in [-0.3, -0.25) is 0 Å². The van der Waals surface area contributed by atoms with Crippen LogP contribution in [-0.2, 0) is 6.54 Å². The van der Waals surface area contributed by atoms with Crippen LogP contribution in [0.2, 0.25) is 5.02 Å². The highest BCUT2D eigenvalue weighted by Gasteiger charge is 2.18. The lowest BCUT2D eigenvalue weighted by Gasteiger charge is -2.20. The SMILES string of the molecule is Clc1ccc(OCCn2cc(C3CCNCC3)nn2)cc1. The summed E-state index contributed by atoms with van der Waals surface area (Å²) in [4.78, 5) is 0. The number of piperidine rings is 1. The highest BCUT2D eigenvalue weighted by molar-refractivity contribution is 6.30. The molecule has 0 saturated carbocycles. The Morgan fingerprint density at radius 1 is 1.24 bits per heavy atom. The summed E-state index contributed by atoms with van der Waals surface area (Å²) in [5.41, 5.74) is 1.10. The first-order chi connectivity index (χ1) is 10.3. The third kappa shape index (κ3) is 3.95. The number of nitrogens with one attached hydrogen (secondary N) is 1. The van der Waals surface area contributed by atoms with E-state index in [1.54, 1.807) is 0 Å². The minimum atomic E-state index is 0.539. The molecule has 0 radical (unpaired) electrons. The standard InChI is InChI=1S/C15H19ClN4O/c16-13-1-3-14(4-2-13)21-10-9-20-11-15(18-19-20)12-5-7-17-8-6-12/h1-4,11-12,17H,5-10H2. The minimum absolute atomic E-state index is 0.539. The van der Waals surface area contributed by atoms with E-state index in [-0.39, 0.29) is 0 Å². The van der Waals surface area contributed by atoms with Gasteiger partial charge in [0.1, 0.15) is 12.4 Å². The van der Waals surface area contributed by atoms with Crippen molar-refractivity contribution in [3.63, 3.8) is 0 Å². The molecule has 1 aromatic heterocycles. The van der Waals surface area contributed by atoms with Crippen molar-refractivity contribution in [2.75, 3.05) is 19.7 Å². The second-order valence-corrected chi connectivity index (χ2v) is 5.67. The van der Waals surface area contributed by atoms with E-state index in [4.69, 9.17) is 16.3 Å². The Hall–Kier alpha value is -1.59. The Labute approximate surface area is 129 Å². The van der Waals surface area contributed by atoms with Gasteiger partial charge in [-0.05, 0) is 50.2 Å². The summed E-state index contributed by atoms with van der Waals surface area (Å²) in [5.74, 6) is 1.36. The molecule has 1 saturated heterocycles. The van der Waals surface area contributed by atoms with Crippen LogP contribution in [0.3, 0.4) is 0 Å². The predicted molar refractivity (Wildman–Crippen MR) is 81.8 cm³/mol. The highest BCUT2D eigenvalue weighted by Crippen LogP contribution is 2.22. The fraction of sp³-hybridized carbons (Fsp3) is 0.467. The number of hydrogen-bond acceptors (Lipinski definition) is 4. The monoisotopic (exact) mass is 306 g/mol. The smallest absolute Gasteiger partial charge is 0.119 e. The molecule has 0 aliphatic carbocycles. The third-order valence-corrected chi connectivity index (χ3v) is 3.97. The topological polar surface area (TPSA) is 52.0 Å². The maximum Gasteiger partial charge on any atom is 0.119 e. The van der Waals surface area contributed by atoms with E-state index in [1.165, 1.54) is 0 Å². The Kier molecular flexibility index (Phi) is 4.72. The van der Waals surface area contributed by atoms with Crippen LogP contribution in [0.5, 0.6) is 5.75 Å². The van der Waals surface area contributed by atoms with Crippen molar-refractivity contribution >= 4 is 11.6 Å². The molecule has 0 amide bonds. The van der Waals surface area contributed by atoms with Crippen LogP contribution < -0.4 is 10.1 Å². The second-order valence-electron chi connectivity index (χ2n) is 5.23. The molecule has 3 rings (SSSR count). The maximum absolute atomic E-state index is 5.84. The van der Waals surface area contributed by atoms with Crippen LogP contribution in [0.4, 0.5) is 0 Å². The highest BCUT2D eigenvalue weighted by atomic mass is 35.5. The zero-order valence-electron chi connectivity index (χ0n) is 11.8. The van der Waals surface area contributed by atoms with Gasteiger partial charge in [-0.15, -0.1) is 5.10 Å². The molecule has 1 fully saturated rings. The summed E-state index contributed by atoms with van der Waals surface area (Å²) >= 11 is 5.84. The van der Waals surface area contributed by atoms with E-state index in [0.717, 1.165) is 37.4 Å². The van der Waals surface area contributed by atoms with Crippen molar-refractivity contribution in [2.45, 2.75) is 25.3 Å². The molecule has 112 valence electrons. The van der Waals surface area contributed by atoms with Gasteiger partial charge in [-0.1, -0.05) is 16.8 Å². The minimum Gasteiger partial charge on any atom is -0.492 e. The molecule has 0 spiro atoms. The van der Waals surface area contributed by atoms with Gasteiger partial charge in [-0.2, -0.15) is 0 Å². The quantitative estimate of drug-likeness (QED) is 0.922. The molecule has 1 aromatic carbocycles. The van der Waals surface area contributed by atoms with Gasteiger partial charge in [0.05, 0.1) is 12.2 Å². The molecular formula is C15H19ClN4O. The van der Waals surface area contributed by atoms with Crippen LogP contribution in [0.1, 0.15) is 24.5 Å². The largest absolute Gasteiger partial charge is 0.492 e. The molecule has 21 heavy (non-hydrogen) atoms.